The van der Waals surface area contributed by atoms with Gasteiger partial charge in [-0.3, -0.25) is 9.58 Å². The average Bonchev–Trinajstić information content (AvgIpc) is 3.18. The monoisotopic (exact) mass is 457 g/mol. The highest BCUT2D eigenvalue weighted by Gasteiger charge is 2.19. The van der Waals surface area contributed by atoms with Crippen LogP contribution in [0.2, 0.25) is 5.02 Å². The van der Waals surface area contributed by atoms with Crippen LogP contribution in [0.4, 0.5) is 10.2 Å². The van der Waals surface area contributed by atoms with Gasteiger partial charge >= 0.3 is 0 Å². The number of nitrogens with zero attached hydrogens (tertiary/aromatic N) is 4. The Bertz CT molecular complexity index is 1040. The van der Waals surface area contributed by atoms with E-state index in [1.807, 2.05) is 6.07 Å². The molecule has 1 saturated heterocycles. The zero-order valence-electron chi connectivity index (χ0n) is 17.4. The SMILES string of the molecule is Cc1cccc(CN2CCN(C(=S)Nc3ccn(Cc4c(F)cccc4Cl)n3)CC2)c1. The number of benzene rings is 2. The van der Waals surface area contributed by atoms with Gasteiger partial charge in [-0.05, 0) is 36.8 Å². The smallest absolute Gasteiger partial charge is 0.174 e. The minimum Gasteiger partial charge on any atom is -0.346 e. The molecule has 0 aliphatic carbocycles. The third kappa shape index (κ3) is 5.61. The van der Waals surface area contributed by atoms with Crippen LogP contribution in [0.5, 0.6) is 0 Å². The number of hydrogen-bond donors (Lipinski definition) is 1. The van der Waals surface area contributed by atoms with Crippen LogP contribution in [-0.2, 0) is 13.1 Å². The standard InChI is InChI=1S/C23H25ClFN5S/c1-17-4-2-5-18(14-17)15-28-10-12-29(13-11-28)23(31)26-22-8-9-30(27-22)16-19-20(24)6-3-7-21(19)25/h2-9,14H,10-13,15-16H2,1H3,(H,26,27,31). The lowest BCUT2D eigenvalue weighted by molar-refractivity contribution is 0.177. The minimum atomic E-state index is -0.337. The highest BCUT2D eigenvalue weighted by Crippen LogP contribution is 2.20. The summed E-state index contributed by atoms with van der Waals surface area (Å²) < 4.78 is 15.7. The first-order chi connectivity index (χ1) is 15.0. The molecule has 8 heteroatoms. The van der Waals surface area contributed by atoms with Gasteiger partial charge in [0.05, 0.1) is 6.54 Å². The summed E-state index contributed by atoms with van der Waals surface area (Å²) in [6, 6.07) is 15.1. The molecule has 0 bridgehead atoms. The Kier molecular flexibility index (Phi) is 6.85. The summed E-state index contributed by atoms with van der Waals surface area (Å²) in [5.74, 6) is 0.302. The summed E-state index contributed by atoms with van der Waals surface area (Å²) in [5, 5.41) is 8.71. The van der Waals surface area contributed by atoms with Crippen molar-refractivity contribution in [3.05, 3.63) is 82.3 Å². The van der Waals surface area contributed by atoms with Crippen molar-refractivity contribution in [3.63, 3.8) is 0 Å². The van der Waals surface area contributed by atoms with Gasteiger partial charge in [-0.15, -0.1) is 0 Å². The van der Waals surface area contributed by atoms with Crippen molar-refractivity contribution in [1.82, 2.24) is 19.6 Å². The number of aromatic nitrogens is 2. The molecule has 1 aromatic heterocycles. The average molecular weight is 458 g/mol. The number of halogens is 2. The molecular formula is C23H25ClFN5S. The maximum atomic E-state index is 14.0. The Morgan fingerprint density at radius 1 is 1.10 bits per heavy atom. The van der Waals surface area contributed by atoms with Crippen molar-refractivity contribution in [2.75, 3.05) is 31.5 Å². The number of aryl methyl sites for hydroxylation is 1. The second-order valence-electron chi connectivity index (χ2n) is 7.78. The van der Waals surface area contributed by atoms with Gasteiger partial charge in [-0.1, -0.05) is 47.5 Å². The molecule has 1 aliphatic heterocycles. The number of anilines is 1. The van der Waals surface area contributed by atoms with Crippen LogP contribution in [0.25, 0.3) is 0 Å². The van der Waals surface area contributed by atoms with Gasteiger partial charge in [0.25, 0.3) is 0 Å². The Labute approximate surface area is 192 Å². The van der Waals surface area contributed by atoms with Crippen LogP contribution >= 0.6 is 23.8 Å². The fourth-order valence-corrected chi connectivity index (χ4v) is 4.24. The molecule has 0 unspecified atom stereocenters. The number of hydrogen-bond acceptors (Lipinski definition) is 3. The van der Waals surface area contributed by atoms with Gasteiger partial charge in [0.1, 0.15) is 5.82 Å². The molecule has 2 heterocycles. The molecular weight excluding hydrogens is 433 g/mol. The summed E-state index contributed by atoms with van der Waals surface area (Å²) in [7, 11) is 0. The first-order valence-electron chi connectivity index (χ1n) is 10.3. The molecule has 5 nitrogen and oxygen atoms in total. The Morgan fingerprint density at radius 3 is 2.61 bits per heavy atom. The molecule has 31 heavy (non-hydrogen) atoms. The molecule has 2 aromatic carbocycles. The van der Waals surface area contributed by atoms with Crippen LogP contribution in [0, 0.1) is 12.7 Å². The largest absolute Gasteiger partial charge is 0.346 e. The molecule has 0 spiro atoms. The highest BCUT2D eigenvalue weighted by atomic mass is 35.5. The van der Waals surface area contributed by atoms with Gasteiger partial charge in [0.2, 0.25) is 0 Å². The van der Waals surface area contributed by atoms with E-state index in [0.717, 1.165) is 32.7 Å². The van der Waals surface area contributed by atoms with Gasteiger partial charge in [-0.2, -0.15) is 5.10 Å². The second kappa shape index (κ2) is 9.77. The van der Waals surface area contributed by atoms with Crippen LogP contribution < -0.4 is 5.32 Å². The van der Waals surface area contributed by atoms with E-state index < -0.39 is 0 Å². The van der Waals surface area contributed by atoms with Crippen molar-refractivity contribution in [1.29, 1.82) is 0 Å². The summed E-state index contributed by atoms with van der Waals surface area (Å²) in [5.41, 5.74) is 3.05. The first-order valence-corrected chi connectivity index (χ1v) is 11.1. The summed E-state index contributed by atoms with van der Waals surface area (Å²) in [4.78, 5) is 4.61. The molecule has 162 valence electrons. The topological polar surface area (TPSA) is 36.3 Å². The molecule has 3 aromatic rings. The van der Waals surface area contributed by atoms with Crippen LogP contribution in [0.3, 0.4) is 0 Å². The molecule has 0 amide bonds. The van der Waals surface area contributed by atoms with Crippen LogP contribution in [0.15, 0.2) is 54.7 Å². The van der Waals surface area contributed by atoms with E-state index in [9.17, 15) is 4.39 Å². The lowest BCUT2D eigenvalue weighted by Crippen LogP contribution is -2.49. The van der Waals surface area contributed by atoms with Crippen molar-refractivity contribution in [2.24, 2.45) is 0 Å². The zero-order valence-corrected chi connectivity index (χ0v) is 19.0. The fraction of sp³-hybridized carbons (Fsp3) is 0.304. The lowest BCUT2D eigenvalue weighted by Gasteiger charge is -2.36. The molecule has 1 N–H and O–H groups in total. The molecule has 0 atom stereocenters. The summed E-state index contributed by atoms with van der Waals surface area (Å²) in [6.07, 6.45) is 1.79. The number of thiocarbonyl (C=S) groups is 1. The van der Waals surface area contributed by atoms with E-state index >= 15 is 0 Å². The molecule has 0 saturated carbocycles. The predicted octanol–water partition coefficient (Wildman–Crippen LogP) is 4.55. The van der Waals surface area contributed by atoms with Gasteiger partial charge in [-0.25, -0.2) is 4.39 Å². The van der Waals surface area contributed by atoms with E-state index in [-0.39, 0.29) is 12.4 Å². The third-order valence-corrected chi connectivity index (χ3v) is 6.12. The van der Waals surface area contributed by atoms with E-state index in [2.05, 4.69) is 51.4 Å². The molecule has 4 rings (SSSR count). The highest BCUT2D eigenvalue weighted by molar-refractivity contribution is 7.80. The van der Waals surface area contributed by atoms with Crippen molar-refractivity contribution in [2.45, 2.75) is 20.0 Å². The Balaban J connectivity index is 1.28. The minimum absolute atomic E-state index is 0.261. The Morgan fingerprint density at radius 2 is 1.87 bits per heavy atom. The van der Waals surface area contributed by atoms with E-state index in [1.165, 1.54) is 17.2 Å². The fourth-order valence-electron chi connectivity index (χ4n) is 3.73. The van der Waals surface area contributed by atoms with Gasteiger partial charge in [0.15, 0.2) is 10.9 Å². The molecule has 1 aliphatic rings. The predicted molar refractivity (Wildman–Crippen MR) is 127 cm³/mol. The molecule has 1 fully saturated rings. The van der Waals surface area contributed by atoms with Gasteiger partial charge < -0.3 is 10.2 Å². The lowest BCUT2D eigenvalue weighted by atomic mass is 10.1. The first kappa shape index (κ1) is 21.7. The normalized spacial score (nSPS) is 14.6. The Hall–Kier alpha value is -2.48. The van der Waals surface area contributed by atoms with Gasteiger partial charge in [0, 0.05) is 55.6 Å². The van der Waals surface area contributed by atoms with E-state index in [4.69, 9.17) is 23.8 Å². The summed E-state index contributed by atoms with van der Waals surface area (Å²) in [6.45, 7) is 6.98. The zero-order chi connectivity index (χ0) is 21.8. The maximum Gasteiger partial charge on any atom is 0.174 e. The van der Waals surface area contributed by atoms with E-state index in [0.29, 0.717) is 21.5 Å². The van der Waals surface area contributed by atoms with Crippen LogP contribution in [0.1, 0.15) is 16.7 Å². The van der Waals surface area contributed by atoms with Crippen molar-refractivity contribution in [3.8, 4) is 0 Å². The number of nitrogens with one attached hydrogen (secondary N) is 1. The van der Waals surface area contributed by atoms with Crippen molar-refractivity contribution >= 4 is 34.7 Å². The van der Waals surface area contributed by atoms with Crippen molar-refractivity contribution < 1.29 is 4.39 Å². The number of rotatable bonds is 5. The molecule has 0 radical (unpaired) electrons. The third-order valence-electron chi connectivity index (χ3n) is 5.41. The second-order valence-corrected chi connectivity index (χ2v) is 8.58. The van der Waals surface area contributed by atoms with Crippen LogP contribution in [-0.4, -0.2) is 50.9 Å². The van der Waals surface area contributed by atoms with E-state index in [1.54, 1.807) is 23.0 Å². The number of piperazine rings is 1. The summed E-state index contributed by atoms with van der Waals surface area (Å²) >= 11 is 11.7. The maximum absolute atomic E-state index is 14.0. The quantitative estimate of drug-likeness (QED) is 0.569.